The van der Waals surface area contributed by atoms with E-state index in [4.69, 9.17) is 5.73 Å². The van der Waals surface area contributed by atoms with E-state index in [-0.39, 0.29) is 12.7 Å². The van der Waals surface area contributed by atoms with E-state index in [1.54, 1.807) is 6.21 Å². The lowest BCUT2D eigenvalue weighted by Crippen LogP contribution is -2.21. The van der Waals surface area contributed by atoms with Crippen molar-refractivity contribution in [3.8, 4) is 11.1 Å². The second-order valence-electron chi connectivity index (χ2n) is 5.39. The number of hydrogen-bond donors (Lipinski definition) is 2. The molecule has 2 aromatic carbocycles. The van der Waals surface area contributed by atoms with Gasteiger partial charge in [-0.1, -0.05) is 60.7 Å². The highest BCUT2D eigenvalue weighted by Gasteiger charge is 2.27. The molecule has 1 aliphatic rings. The van der Waals surface area contributed by atoms with Crippen LogP contribution >= 0.6 is 0 Å². The van der Waals surface area contributed by atoms with Crippen LogP contribution in [0.2, 0.25) is 0 Å². The molecule has 3 heteroatoms. The van der Waals surface area contributed by atoms with Gasteiger partial charge in [-0.2, -0.15) is 0 Å². The lowest BCUT2D eigenvalue weighted by atomic mass is 10.1. The maximum atomic E-state index is 5.50. The summed E-state index contributed by atoms with van der Waals surface area (Å²) in [5.41, 5.74) is 11.6. The summed E-state index contributed by atoms with van der Waals surface area (Å²) in [5, 5.41) is 3.60. The Labute approximate surface area is 137 Å². The first-order valence-corrected chi connectivity index (χ1v) is 7.82. The lowest BCUT2D eigenvalue weighted by molar-refractivity contribution is 0.730. The Morgan fingerprint density at radius 2 is 1.70 bits per heavy atom. The van der Waals surface area contributed by atoms with Crippen LogP contribution in [-0.2, 0) is 0 Å². The summed E-state index contributed by atoms with van der Waals surface area (Å²) in [7, 11) is 0. The molecule has 2 aromatic rings. The van der Waals surface area contributed by atoms with Crippen LogP contribution in [0.5, 0.6) is 0 Å². The van der Waals surface area contributed by atoms with Gasteiger partial charge in [0.05, 0.1) is 18.4 Å². The van der Waals surface area contributed by atoms with Crippen molar-refractivity contribution >= 4 is 6.21 Å². The fraction of sp³-hybridized carbons (Fsp3) is 0.150. The summed E-state index contributed by atoms with van der Waals surface area (Å²) in [5.74, 6) is 0. The van der Waals surface area contributed by atoms with E-state index in [1.807, 2.05) is 25.2 Å². The fourth-order valence-corrected chi connectivity index (χ4v) is 2.96. The predicted molar refractivity (Wildman–Crippen MR) is 97.3 cm³/mol. The van der Waals surface area contributed by atoms with E-state index in [0.717, 1.165) is 5.70 Å². The summed E-state index contributed by atoms with van der Waals surface area (Å²) in [6.07, 6.45) is 7.80. The van der Waals surface area contributed by atoms with E-state index in [2.05, 4.69) is 58.8 Å². The number of rotatable bonds is 5. The molecule has 0 spiro atoms. The zero-order chi connectivity index (χ0) is 16.1. The average molecular weight is 303 g/mol. The molecule has 0 saturated heterocycles. The smallest absolute Gasteiger partial charge is 0.0860 e. The normalized spacial score (nSPS) is 14.4. The van der Waals surface area contributed by atoms with Crippen molar-refractivity contribution < 1.29 is 0 Å². The molecule has 0 saturated carbocycles. The van der Waals surface area contributed by atoms with Gasteiger partial charge in [-0.15, -0.1) is 0 Å². The second-order valence-corrected chi connectivity index (χ2v) is 5.39. The third-order valence-corrected chi connectivity index (χ3v) is 3.95. The maximum Gasteiger partial charge on any atom is 0.0860 e. The topological polar surface area (TPSA) is 50.4 Å². The summed E-state index contributed by atoms with van der Waals surface area (Å²) >= 11 is 0. The maximum absolute atomic E-state index is 5.50. The Morgan fingerprint density at radius 3 is 2.26 bits per heavy atom. The van der Waals surface area contributed by atoms with Gasteiger partial charge in [0.15, 0.2) is 0 Å². The molecule has 0 amide bonds. The van der Waals surface area contributed by atoms with Crippen LogP contribution in [0.3, 0.4) is 0 Å². The molecule has 0 fully saturated rings. The summed E-state index contributed by atoms with van der Waals surface area (Å²) < 4.78 is 0. The van der Waals surface area contributed by atoms with Crippen LogP contribution in [0.25, 0.3) is 11.1 Å². The van der Waals surface area contributed by atoms with E-state index in [0.29, 0.717) is 0 Å². The molecule has 0 unspecified atom stereocenters. The molecule has 3 rings (SSSR count). The number of nitrogens with one attached hydrogen (secondary N) is 1. The number of hydrogen-bond acceptors (Lipinski definition) is 3. The molecule has 0 aromatic heterocycles. The molecule has 0 bridgehead atoms. The van der Waals surface area contributed by atoms with Crippen LogP contribution in [0.15, 0.2) is 77.4 Å². The second kappa shape index (κ2) is 7.07. The van der Waals surface area contributed by atoms with Crippen LogP contribution in [0.1, 0.15) is 24.1 Å². The summed E-state index contributed by atoms with van der Waals surface area (Å²) in [6, 6.07) is 17.2. The Hall–Kier alpha value is -2.65. The van der Waals surface area contributed by atoms with Crippen molar-refractivity contribution in [3.63, 3.8) is 0 Å². The van der Waals surface area contributed by atoms with Gasteiger partial charge in [0.25, 0.3) is 0 Å². The zero-order valence-corrected chi connectivity index (χ0v) is 13.2. The minimum atomic E-state index is 0.128. The van der Waals surface area contributed by atoms with Gasteiger partial charge in [0.2, 0.25) is 0 Å². The Balaban J connectivity index is 2.00. The highest BCUT2D eigenvalue weighted by atomic mass is 15.0. The molecule has 0 aliphatic heterocycles. The Kier molecular flexibility index (Phi) is 4.69. The molecular weight excluding hydrogens is 282 g/mol. The van der Waals surface area contributed by atoms with Crippen molar-refractivity contribution in [2.75, 3.05) is 6.67 Å². The van der Waals surface area contributed by atoms with Crippen LogP contribution < -0.4 is 11.1 Å². The van der Waals surface area contributed by atoms with Crippen molar-refractivity contribution in [2.24, 2.45) is 10.7 Å². The number of allylic oxidation sites excluding steroid dienone is 4. The monoisotopic (exact) mass is 303 g/mol. The lowest BCUT2D eigenvalue weighted by Gasteiger charge is -2.17. The number of fused-ring (bicyclic) bond motifs is 3. The standard InChI is InChI=1S/C20H21N3/c1-2-3-8-15(13-22-14-21)23-20-18-11-6-4-9-16(18)17-10-5-7-12-19(17)20/h2-13,20,23H,14,21H2,1H3/b3-2+,15-8+,22-13-. The van der Waals surface area contributed by atoms with E-state index in [1.165, 1.54) is 22.3 Å². The summed E-state index contributed by atoms with van der Waals surface area (Å²) in [4.78, 5) is 4.17. The molecule has 0 heterocycles. The highest BCUT2D eigenvalue weighted by molar-refractivity contribution is 5.81. The van der Waals surface area contributed by atoms with E-state index < -0.39 is 0 Å². The third-order valence-electron chi connectivity index (χ3n) is 3.95. The quantitative estimate of drug-likeness (QED) is 0.652. The first-order chi connectivity index (χ1) is 11.3. The number of benzene rings is 2. The van der Waals surface area contributed by atoms with E-state index in [9.17, 15) is 0 Å². The first-order valence-electron chi connectivity index (χ1n) is 7.82. The van der Waals surface area contributed by atoms with Crippen molar-refractivity contribution in [3.05, 3.63) is 83.6 Å². The van der Waals surface area contributed by atoms with Crippen LogP contribution in [0, 0.1) is 0 Å². The minimum absolute atomic E-state index is 0.128. The Morgan fingerprint density at radius 1 is 1.09 bits per heavy atom. The van der Waals surface area contributed by atoms with Gasteiger partial charge < -0.3 is 11.1 Å². The number of nitrogens with two attached hydrogens (primary N) is 1. The molecule has 0 radical (unpaired) electrons. The third kappa shape index (κ3) is 3.10. The van der Waals surface area contributed by atoms with Gasteiger partial charge in [0, 0.05) is 6.21 Å². The Bertz CT molecular complexity index is 726. The molecular formula is C20H21N3. The molecule has 1 aliphatic carbocycles. The van der Waals surface area contributed by atoms with Crippen LogP contribution in [0.4, 0.5) is 0 Å². The van der Waals surface area contributed by atoms with Crippen molar-refractivity contribution in [1.29, 1.82) is 0 Å². The molecule has 3 nitrogen and oxygen atoms in total. The average Bonchev–Trinajstić information content (AvgIpc) is 2.91. The van der Waals surface area contributed by atoms with Gasteiger partial charge in [-0.25, -0.2) is 0 Å². The van der Waals surface area contributed by atoms with Gasteiger partial charge in [-0.3, -0.25) is 4.99 Å². The summed E-state index contributed by atoms with van der Waals surface area (Å²) in [6.45, 7) is 2.28. The predicted octanol–water partition coefficient (Wildman–Crippen LogP) is 3.79. The fourth-order valence-electron chi connectivity index (χ4n) is 2.96. The number of aliphatic imine (C=N–C) groups is 1. The molecule has 0 atom stereocenters. The molecule has 116 valence electrons. The minimum Gasteiger partial charge on any atom is -0.373 e. The largest absolute Gasteiger partial charge is 0.373 e. The molecule has 23 heavy (non-hydrogen) atoms. The van der Waals surface area contributed by atoms with Gasteiger partial charge in [-0.05, 0) is 35.3 Å². The van der Waals surface area contributed by atoms with Crippen molar-refractivity contribution in [2.45, 2.75) is 13.0 Å². The van der Waals surface area contributed by atoms with Gasteiger partial charge in [0.1, 0.15) is 0 Å². The van der Waals surface area contributed by atoms with E-state index >= 15 is 0 Å². The first kappa shape index (κ1) is 15.3. The SMILES string of the molecule is C/C=C/C=C(\C=N/CN)NC1c2ccccc2-c2ccccc21. The molecule has 3 N–H and O–H groups in total. The highest BCUT2D eigenvalue weighted by Crippen LogP contribution is 2.43. The van der Waals surface area contributed by atoms with Crippen LogP contribution in [-0.4, -0.2) is 12.9 Å². The number of nitrogens with zero attached hydrogens (tertiary/aromatic N) is 1. The van der Waals surface area contributed by atoms with Crippen molar-refractivity contribution in [1.82, 2.24) is 5.32 Å². The zero-order valence-electron chi connectivity index (χ0n) is 13.2. The van der Waals surface area contributed by atoms with Gasteiger partial charge >= 0.3 is 0 Å².